The number of nitrogens with one attached hydrogen (secondary N) is 1. The first kappa shape index (κ1) is 9.85. The summed E-state index contributed by atoms with van der Waals surface area (Å²) >= 11 is 0. The maximum Gasteiger partial charge on any atom is 0.0373 e. The summed E-state index contributed by atoms with van der Waals surface area (Å²) in [6, 6.07) is 8.40. The fourth-order valence-electron chi connectivity index (χ4n) is 1.26. The van der Waals surface area contributed by atoms with Gasteiger partial charge in [0.2, 0.25) is 0 Å². The molecule has 0 aliphatic carbocycles. The Morgan fingerprint density at radius 1 is 1.31 bits per heavy atom. The van der Waals surface area contributed by atoms with E-state index in [1.54, 1.807) is 0 Å². The van der Waals surface area contributed by atoms with Crippen LogP contribution in [0.2, 0.25) is 0 Å². The van der Waals surface area contributed by atoms with Gasteiger partial charge in [0.25, 0.3) is 0 Å². The number of anilines is 1. The molecular weight excluding hydrogens is 158 g/mol. The molecule has 70 valence electrons. The van der Waals surface area contributed by atoms with Crippen LogP contribution >= 0.6 is 0 Å². The van der Waals surface area contributed by atoms with Crippen LogP contribution in [-0.2, 0) is 6.42 Å². The molecule has 0 radical (unpaired) electrons. The van der Waals surface area contributed by atoms with E-state index in [0.29, 0.717) is 0 Å². The van der Waals surface area contributed by atoms with Crippen molar-refractivity contribution >= 4 is 5.69 Å². The van der Waals surface area contributed by atoms with Crippen LogP contribution in [-0.4, -0.2) is 7.05 Å². The Morgan fingerprint density at radius 3 is 2.62 bits per heavy atom. The van der Waals surface area contributed by atoms with Gasteiger partial charge in [-0.1, -0.05) is 29.8 Å². The van der Waals surface area contributed by atoms with Crippen LogP contribution in [0.15, 0.2) is 35.9 Å². The molecule has 0 unspecified atom stereocenters. The van der Waals surface area contributed by atoms with Gasteiger partial charge in [0.15, 0.2) is 0 Å². The first-order valence-electron chi connectivity index (χ1n) is 4.63. The topological polar surface area (TPSA) is 12.0 Å². The zero-order valence-electron chi connectivity index (χ0n) is 8.59. The fourth-order valence-corrected chi connectivity index (χ4v) is 1.26. The van der Waals surface area contributed by atoms with Gasteiger partial charge in [-0.15, -0.1) is 0 Å². The number of hydrogen-bond acceptors (Lipinski definition) is 1. The summed E-state index contributed by atoms with van der Waals surface area (Å²) in [6.07, 6.45) is 3.26. The molecule has 1 rings (SSSR count). The van der Waals surface area contributed by atoms with E-state index in [1.165, 1.54) is 16.8 Å². The van der Waals surface area contributed by atoms with E-state index in [9.17, 15) is 0 Å². The number of benzene rings is 1. The van der Waals surface area contributed by atoms with Crippen molar-refractivity contribution in [1.82, 2.24) is 0 Å². The highest BCUT2D eigenvalue weighted by Crippen LogP contribution is 2.15. The molecule has 0 aromatic heterocycles. The van der Waals surface area contributed by atoms with Gasteiger partial charge in [0.05, 0.1) is 0 Å². The molecule has 0 saturated heterocycles. The van der Waals surface area contributed by atoms with Crippen LogP contribution in [0, 0.1) is 0 Å². The third-order valence-corrected chi connectivity index (χ3v) is 2.02. The molecule has 1 N–H and O–H groups in total. The largest absolute Gasteiger partial charge is 0.388 e. The maximum absolute atomic E-state index is 3.19. The second kappa shape index (κ2) is 4.70. The summed E-state index contributed by atoms with van der Waals surface area (Å²) in [5.41, 5.74) is 3.94. The van der Waals surface area contributed by atoms with Crippen molar-refractivity contribution in [3.8, 4) is 0 Å². The summed E-state index contributed by atoms with van der Waals surface area (Å²) in [5.74, 6) is 0. The van der Waals surface area contributed by atoms with E-state index in [4.69, 9.17) is 0 Å². The van der Waals surface area contributed by atoms with E-state index in [0.717, 1.165) is 6.42 Å². The van der Waals surface area contributed by atoms with E-state index in [1.807, 2.05) is 7.05 Å². The quantitative estimate of drug-likeness (QED) is 0.695. The van der Waals surface area contributed by atoms with Crippen LogP contribution in [0.3, 0.4) is 0 Å². The second-order valence-corrected chi connectivity index (χ2v) is 3.39. The molecule has 0 aliphatic heterocycles. The first-order valence-corrected chi connectivity index (χ1v) is 4.63. The zero-order valence-corrected chi connectivity index (χ0v) is 8.59. The highest BCUT2D eigenvalue weighted by Gasteiger charge is 1.96. The molecule has 1 aromatic rings. The number of hydrogen-bond donors (Lipinski definition) is 1. The van der Waals surface area contributed by atoms with E-state index >= 15 is 0 Å². The van der Waals surface area contributed by atoms with E-state index < -0.39 is 0 Å². The smallest absolute Gasteiger partial charge is 0.0373 e. The maximum atomic E-state index is 3.19. The summed E-state index contributed by atoms with van der Waals surface area (Å²) in [4.78, 5) is 0. The van der Waals surface area contributed by atoms with Crippen molar-refractivity contribution in [3.05, 3.63) is 41.5 Å². The highest BCUT2D eigenvalue weighted by atomic mass is 14.8. The summed E-state index contributed by atoms with van der Waals surface area (Å²) in [5, 5.41) is 3.19. The lowest BCUT2D eigenvalue weighted by Gasteiger charge is -2.06. The Balaban J connectivity index is 2.81. The molecule has 1 aromatic carbocycles. The Labute approximate surface area is 80.5 Å². The predicted octanol–water partition coefficient (Wildman–Crippen LogP) is 3.24. The third kappa shape index (κ3) is 2.94. The molecule has 0 amide bonds. The molecule has 0 fully saturated rings. The summed E-state index contributed by atoms with van der Waals surface area (Å²) in [7, 11) is 1.96. The minimum Gasteiger partial charge on any atom is -0.388 e. The van der Waals surface area contributed by atoms with Gasteiger partial charge in [-0.3, -0.25) is 0 Å². The van der Waals surface area contributed by atoms with Crippen LogP contribution in [0.5, 0.6) is 0 Å². The van der Waals surface area contributed by atoms with E-state index in [2.05, 4.69) is 49.5 Å². The van der Waals surface area contributed by atoms with Gasteiger partial charge < -0.3 is 5.32 Å². The monoisotopic (exact) mass is 175 g/mol. The van der Waals surface area contributed by atoms with Gasteiger partial charge in [0.1, 0.15) is 0 Å². The lowest BCUT2D eigenvalue weighted by Crippen LogP contribution is -1.93. The fraction of sp³-hybridized carbons (Fsp3) is 0.333. The molecule has 0 spiro atoms. The third-order valence-electron chi connectivity index (χ3n) is 2.02. The standard InChI is InChI=1S/C12H17N/c1-10(2)8-9-11-6-4-5-7-12(11)13-3/h4-8,13H,9H2,1-3H3. The molecular formula is C12H17N. The van der Waals surface area contributed by atoms with Crippen molar-refractivity contribution in [1.29, 1.82) is 0 Å². The molecule has 0 aliphatic rings. The van der Waals surface area contributed by atoms with E-state index in [-0.39, 0.29) is 0 Å². The average molecular weight is 175 g/mol. The molecule has 1 nitrogen and oxygen atoms in total. The Hall–Kier alpha value is -1.24. The van der Waals surface area contributed by atoms with Gasteiger partial charge >= 0.3 is 0 Å². The minimum absolute atomic E-state index is 1.01. The van der Waals surface area contributed by atoms with Crippen molar-refractivity contribution in [2.24, 2.45) is 0 Å². The number of para-hydroxylation sites is 1. The van der Waals surface area contributed by atoms with Gasteiger partial charge in [-0.25, -0.2) is 0 Å². The number of allylic oxidation sites excluding steroid dienone is 2. The molecule has 0 bridgehead atoms. The molecule has 0 heterocycles. The second-order valence-electron chi connectivity index (χ2n) is 3.39. The van der Waals surface area contributed by atoms with Crippen LogP contribution < -0.4 is 5.32 Å². The van der Waals surface area contributed by atoms with Crippen LogP contribution in [0.1, 0.15) is 19.4 Å². The summed E-state index contributed by atoms with van der Waals surface area (Å²) in [6.45, 7) is 4.25. The molecule has 0 atom stereocenters. The highest BCUT2D eigenvalue weighted by molar-refractivity contribution is 5.51. The Morgan fingerprint density at radius 2 is 2.00 bits per heavy atom. The SMILES string of the molecule is CNc1ccccc1CC=C(C)C. The van der Waals surface area contributed by atoms with Crippen molar-refractivity contribution in [2.45, 2.75) is 20.3 Å². The Kier molecular flexibility index (Phi) is 3.56. The Bertz CT molecular complexity index is 296. The normalized spacial score (nSPS) is 9.46. The van der Waals surface area contributed by atoms with Crippen molar-refractivity contribution < 1.29 is 0 Å². The average Bonchev–Trinajstić information content (AvgIpc) is 2.15. The minimum atomic E-state index is 1.01. The number of rotatable bonds is 3. The lowest BCUT2D eigenvalue weighted by molar-refractivity contribution is 1.21. The predicted molar refractivity (Wildman–Crippen MR) is 59.1 cm³/mol. The van der Waals surface area contributed by atoms with Gasteiger partial charge in [-0.2, -0.15) is 0 Å². The van der Waals surface area contributed by atoms with Gasteiger partial charge in [0, 0.05) is 12.7 Å². The van der Waals surface area contributed by atoms with Crippen LogP contribution in [0.25, 0.3) is 0 Å². The van der Waals surface area contributed by atoms with Crippen molar-refractivity contribution in [2.75, 3.05) is 12.4 Å². The lowest BCUT2D eigenvalue weighted by atomic mass is 10.1. The first-order chi connectivity index (χ1) is 6.24. The van der Waals surface area contributed by atoms with Crippen LogP contribution in [0.4, 0.5) is 5.69 Å². The van der Waals surface area contributed by atoms with Crippen molar-refractivity contribution in [3.63, 3.8) is 0 Å². The molecule has 13 heavy (non-hydrogen) atoms. The zero-order chi connectivity index (χ0) is 9.68. The molecule has 1 heteroatoms. The molecule has 0 saturated carbocycles. The van der Waals surface area contributed by atoms with Gasteiger partial charge in [-0.05, 0) is 31.9 Å². The summed E-state index contributed by atoms with van der Waals surface area (Å²) < 4.78 is 0.